The summed E-state index contributed by atoms with van der Waals surface area (Å²) in [6, 6.07) is 18.9. The fourth-order valence-electron chi connectivity index (χ4n) is 4.72. The molecule has 1 aromatic heterocycles. The third kappa shape index (κ3) is 5.55. The number of anilines is 1. The first kappa shape index (κ1) is 25.5. The first-order chi connectivity index (χ1) is 18.4. The Morgan fingerprint density at radius 1 is 1.03 bits per heavy atom. The molecule has 38 heavy (non-hydrogen) atoms. The van der Waals surface area contributed by atoms with Gasteiger partial charge in [-0.05, 0) is 61.4 Å². The highest BCUT2D eigenvalue weighted by atomic mass is 35.5. The number of carbonyl (C=O) groups is 2. The molecule has 1 saturated carbocycles. The molecule has 9 heteroatoms. The van der Waals surface area contributed by atoms with Crippen LogP contribution in [0.4, 0.5) is 14.9 Å². The van der Waals surface area contributed by atoms with Crippen LogP contribution in [-0.2, 0) is 6.54 Å². The van der Waals surface area contributed by atoms with Crippen LogP contribution in [0.25, 0.3) is 11.3 Å². The number of amides is 2. The minimum absolute atomic E-state index is 0.0259. The molecule has 5 rings (SSSR count). The Morgan fingerprint density at radius 3 is 2.47 bits per heavy atom. The molecular formula is C29H26ClFN4O3. The zero-order valence-electron chi connectivity index (χ0n) is 20.5. The molecule has 1 aliphatic carbocycles. The molecule has 3 aromatic carbocycles. The minimum atomic E-state index is -0.465. The normalized spacial score (nSPS) is 13.4. The molecule has 1 aliphatic rings. The zero-order chi connectivity index (χ0) is 26.6. The monoisotopic (exact) mass is 532 g/mol. The van der Waals surface area contributed by atoms with Crippen molar-refractivity contribution < 1.29 is 19.1 Å². The highest BCUT2D eigenvalue weighted by molar-refractivity contribution is 6.30. The molecule has 1 heterocycles. The van der Waals surface area contributed by atoms with E-state index in [1.165, 1.54) is 16.8 Å². The molecule has 0 aliphatic heterocycles. The van der Waals surface area contributed by atoms with E-state index in [1.54, 1.807) is 54.6 Å². The quantitative estimate of drug-likeness (QED) is 0.257. The number of nitrogens with zero attached hydrogens (tertiary/aromatic N) is 2. The number of hydrogen-bond acceptors (Lipinski definition) is 4. The lowest BCUT2D eigenvalue weighted by molar-refractivity contribution is 0.102. The van der Waals surface area contributed by atoms with Gasteiger partial charge in [-0.1, -0.05) is 42.6 Å². The molecule has 0 saturated heterocycles. The second-order valence-corrected chi connectivity index (χ2v) is 9.73. The average molecular weight is 533 g/mol. The van der Waals surface area contributed by atoms with Gasteiger partial charge in [-0.3, -0.25) is 4.79 Å². The van der Waals surface area contributed by atoms with Gasteiger partial charge in [0.25, 0.3) is 5.91 Å². The Kier molecular flexibility index (Phi) is 7.42. The van der Waals surface area contributed by atoms with Crippen LogP contribution in [-0.4, -0.2) is 26.8 Å². The van der Waals surface area contributed by atoms with Crippen molar-refractivity contribution in [3.8, 4) is 17.0 Å². The molecular weight excluding hydrogens is 507 g/mol. The molecule has 0 spiro atoms. The van der Waals surface area contributed by atoms with E-state index in [-0.39, 0.29) is 24.1 Å². The maximum absolute atomic E-state index is 14.0. The van der Waals surface area contributed by atoms with Gasteiger partial charge >= 0.3 is 6.03 Å². The number of nitrogens with one attached hydrogen (secondary N) is 2. The number of benzene rings is 3. The van der Waals surface area contributed by atoms with E-state index in [0.29, 0.717) is 33.1 Å². The van der Waals surface area contributed by atoms with Crippen LogP contribution >= 0.6 is 11.6 Å². The van der Waals surface area contributed by atoms with Gasteiger partial charge < -0.3 is 15.7 Å². The van der Waals surface area contributed by atoms with Crippen LogP contribution in [0.5, 0.6) is 5.75 Å². The Labute approximate surface area is 224 Å². The summed E-state index contributed by atoms with van der Waals surface area (Å²) in [6.45, 7) is 0.0259. The fraction of sp³-hybridized carbons (Fsp3) is 0.207. The Morgan fingerprint density at radius 2 is 1.76 bits per heavy atom. The van der Waals surface area contributed by atoms with Gasteiger partial charge in [-0.2, -0.15) is 9.78 Å². The lowest BCUT2D eigenvalue weighted by Crippen LogP contribution is -2.31. The van der Waals surface area contributed by atoms with E-state index < -0.39 is 11.8 Å². The van der Waals surface area contributed by atoms with E-state index >= 15 is 0 Å². The molecule has 7 nitrogen and oxygen atoms in total. The first-order valence-corrected chi connectivity index (χ1v) is 12.8. The average Bonchev–Trinajstić information content (AvgIpc) is 3.59. The molecule has 194 valence electrons. The second kappa shape index (κ2) is 11.1. The Hall–Kier alpha value is -4.17. The van der Waals surface area contributed by atoms with Crippen molar-refractivity contribution in [3.63, 3.8) is 0 Å². The van der Waals surface area contributed by atoms with E-state index in [4.69, 9.17) is 11.6 Å². The van der Waals surface area contributed by atoms with Gasteiger partial charge in [0.05, 0.1) is 11.4 Å². The van der Waals surface area contributed by atoms with Gasteiger partial charge in [0.15, 0.2) is 0 Å². The maximum Gasteiger partial charge on any atom is 0.342 e. The summed E-state index contributed by atoms with van der Waals surface area (Å²) in [5.41, 5.74) is 2.83. The molecule has 1 fully saturated rings. The third-order valence-electron chi connectivity index (χ3n) is 6.73. The SMILES string of the molecule is O=C(Nc1ccc(-c2cc(C3CCCC3)n(C(=O)NCc3ccccc3F)n2)c(O)c1)c1ccc(Cl)cc1. The highest BCUT2D eigenvalue weighted by Gasteiger charge is 2.26. The van der Waals surface area contributed by atoms with Crippen LogP contribution in [0.15, 0.2) is 72.8 Å². The Bertz CT molecular complexity index is 1480. The molecule has 0 bridgehead atoms. The standard InChI is InChI=1S/C29H26ClFN4O3/c30-21-11-9-19(10-12-21)28(37)33-22-13-14-23(27(36)15-22)25-16-26(18-5-1-2-6-18)35(34-25)29(38)32-17-20-7-3-4-8-24(20)31/h3-4,7-16,18,36H,1-2,5-6,17H2,(H,32,38)(H,33,37). The summed E-state index contributed by atoms with van der Waals surface area (Å²) in [7, 11) is 0. The number of carbonyl (C=O) groups excluding carboxylic acids is 2. The largest absolute Gasteiger partial charge is 0.507 e. The first-order valence-electron chi connectivity index (χ1n) is 12.4. The maximum atomic E-state index is 14.0. The summed E-state index contributed by atoms with van der Waals surface area (Å²) in [5, 5.41) is 21.3. The van der Waals surface area contributed by atoms with E-state index in [1.807, 2.05) is 6.07 Å². The van der Waals surface area contributed by atoms with Gasteiger partial charge in [0.2, 0.25) is 0 Å². The van der Waals surface area contributed by atoms with Crippen LogP contribution in [0.2, 0.25) is 5.02 Å². The summed E-state index contributed by atoms with van der Waals surface area (Å²) in [6.07, 6.45) is 4.01. The van der Waals surface area contributed by atoms with Gasteiger partial charge in [-0.25, -0.2) is 9.18 Å². The van der Waals surface area contributed by atoms with Crippen molar-refractivity contribution >= 4 is 29.2 Å². The van der Waals surface area contributed by atoms with Gasteiger partial charge in [0.1, 0.15) is 11.6 Å². The lowest BCUT2D eigenvalue weighted by Gasteiger charge is -2.12. The van der Waals surface area contributed by atoms with Crippen molar-refractivity contribution in [1.29, 1.82) is 0 Å². The predicted octanol–water partition coefficient (Wildman–Crippen LogP) is 6.72. The summed E-state index contributed by atoms with van der Waals surface area (Å²) in [5.74, 6) is -0.657. The van der Waals surface area contributed by atoms with E-state index in [0.717, 1.165) is 31.4 Å². The summed E-state index contributed by atoms with van der Waals surface area (Å²) >= 11 is 5.89. The zero-order valence-corrected chi connectivity index (χ0v) is 21.2. The van der Waals surface area contributed by atoms with Crippen molar-refractivity contribution in [2.24, 2.45) is 0 Å². The number of aromatic nitrogens is 2. The van der Waals surface area contributed by atoms with Crippen LogP contribution in [0.3, 0.4) is 0 Å². The lowest BCUT2D eigenvalue weighted by atomic mass is 10.0. The van der Waals surface area contributed by atoms with Crippen molar-refractivity contribution in [3.05, 3.63) is 100 Å². The molecule has 0 atom stereocenters. The predicted molar refractivity (Wildman–Crippen MR) is 144 cm³/mol. The van der Waals surface area contributed by atoms with Gasteiger partial charge in [0, 0.05) is 45.9 Å². The molecule has 0 radical (unpaired) electrons. The third-order valence-corrected chi connectivity index (χ3v) is 6.98. The number of halogens is 2. The minimum Gasteiger partial charge on any atom is -0.507 e. The highest BCUT2D eigenvalue weighted by Crippen LogP contribution is 2.38. The number of rotatable bonds is 6. The van der Waals surface area contributed by atoms with E-state index in [9.17, 15) is 19.1 Å². The number of phenolic OH excluding ortho intramolecular Hbond substituents is 1. The topological polar surface area (TPSA) is 96.3 Å². The van der Waals surface area contributed by atoms with E-state index in [2.05, 4.69) is 15.7 Å². The Balaban J connectivity index is 1.38. The summed E-state index contributed by atoms with van der Waals surface area (Å²) in [4.78, 5) is 25.6. The van der Waals surface area contributed by atoms with Crippen LogP contribution in [0.1, 0.15) is 53.2 Å². The van der Waals surface area contributed by atoms with Crippen LogP contribution in [0, 0.1) is 5.82 Å². The second-order valence-electron chi connectivity index (χ2n) is 9.29. The van der Waals surface area contributed by atoms with Crippen molar-refractivity contribution in [2.45, 2.75) is 38.1 Å². The summed E-state index contributed by atoms with van der Waals surface area (Å²) < 4.78 is 15.3. The fourth-order valence-corrected chi connectivity index (χ4v) is 4.85. The van der Waals surface area contributed by atoms with Gasteiger partial charge in [-0.15, -0.1) is 0 Å². The molecule has 2 amide bonds. The molecule has 3 N–H and O–H groups in total. The van der Waals surface area contributed by atoms with Crippen LogP contribution < -0.4 is 10.6 Å². The van der Waals surface area contributed by atoms with Crippen molar-refractivity contribution in [1.82, 2.24) is 15.1 Å². The number of phenols is 1. The number of hydrogen-bond donors (Lipinski definition) is 3. The smallest absolute Gasteiger partial charge is 0.342 e. The number of aromatic hydroxyl groups is 1. The van der Waals surface area contributed by atoms with Crippen molar-refractivity contribution in [2.75, 3.05) is 5.32 Å². The molecule has 4 aromatic rings. The molecule has 0 unspecified atom stereocenters.